The molecule has 0 saturated heterocycles. The third-order valence-electron chi connectivity index (χ3n) is 3.14. The van der Waals surface area contributed by atoms with Crippen LogP contribution in [0.4, 0.5) is 0 Å². The zero-order valence-electron chi connectivity index (χ0n) is 9.61. The maximum Gasteiger partial charge on any atom is 0.248 e. The van der Waals surface area contributed by atoms with Crippen molar-refractivity contribution in [2.75, 3.05) is 6.54 Å². The molecule has 0 aromatic carbocycles. The predicted molar refractivity (Wildman–Crippen MR) is 59.3 cm³/mol. The lowest BCUT2D eigenvalue weighted by Gasteiger charge is -2.29. The lowest BCUT2D eigenvalue weighted by Crippen LogP contribution is -2.46. The van der Waals surface area contributed by atoms with E-state index in [4.69, 9.17) is 16.1 Å². The van der Waals surface area contributed by atoms with Gasteiger partial charge in [0.05, 0.1) is 12.6 Å². The molecule has 6 heteroatoms. The van der Waals surface area contributed by atoms with E-state index in [9.17, 15) is 9.59 Å². The van der Waals surface area contributed by atoms with Gasteiger partial charge in [0.2, 0.25) is 11.8 Å². The SMILES string of the molecule is N#CC1(C(=O)NCC(O)C(N)=O)CCCCC1. The molecule has 0 aromatic heterocycles. The van der Waals surface area contributed by atoms with Gasteiger partial charge in [-0.05, 0) is 12.8 Å². The molecule has 1 atom stereocenters. The number of primary amides is 1. The summed E-state index contributed by atoms with van der Waals surface area (Å²) < 4.78 is 0. The molecule has 1 aliphatic rings. The van der Waals surface area contributed by atoms with Gasteiger partial charge in [0.15, 0.2) is 0 Å². The van der Waals surface area contributed by atoms with E-state index >= 15 is 0 Å². The van der Waals surface area contributed by atoms with Crippen molar-refractivity contribution in [1.82, 2.24) is 5.32 Å². The van der Waals surface area contributed by atoms with Crippen LogP contribution in [0.5, 0.6) is 0 Å². The molecular formula is C11H17N3O3. The van der Waals surface area contributed by atoms with Gasteiger partial charge in [-0.3, -0.25) is 9.59 Å². The quantitative estimate of drug-likeness (QED) is 0.608. The minimum absolute atomic E-state index is 0.238. The van der Waals surface area contributed by atoms with E-state index in [0.29, 0.717) is 12.8 Å². The van der Waals surface area contributed by atoms with Gasteiger partial charge in [-0.25, -0.2) is 0 Å². The van der Waals surface area contributed by atoms with Gasteiger partial charge < -0.3 is 16.2 Å². The first-order valence-electron chi connectivity index (χ1n) is 5.69. The minimum Gasteiger partial charge on any atom is -0.381 e. The predicted octanol–water partition coefficient (Wildman–Crippen LogP) is -0.577. The van der Waals surface area contributed by atoms with E-state index in [1.54, 1.807) is 0 Å². The van der Waals surface area contributed by atoms with Gasteiger partial charge in [0.25, 0.3) is 0 Å². The summed E-state index contributed by atoms with van der Waals surface area (Å²) in [5.41, 5.74) is 3.86. The summed E-state index contributed by atoms with van der Waals surface area (Å²) in [5.74, 6) is -1.31. The maximum atomic E-state index is 11.9. The molecule has 0 heterocycles. The Morgan fingerprint density at radius 2 is 2.00 bits per heavy atom. The Morgan fingerprint density at radius 3 is 2.47 bits per heavy atom. The van der Waals surface area contributed by atoms with Gasteiger partial charge in [-0.2, -0.15) is 5.26 Å². The fourth-order valence-corrected chi connectivity index (χ4v) is 2.00. The molecule has 94 valence electrons. The number of nitrogens with one attached hydrogen (secondary N) is 1. The monoisotopic (exact) mass is 239 g/mol. The second-order valence-electron chi connectivity index (χ2n) is 4.38. The largest absolute Gasteiger partial charge is 0.381 e. The molecule has 1 saturated carbocycles. The highest BCUT2D eigenvalue weighted by Gasteiger charge is 2.39. The topological polar surface area (TPSA) is 116 Å². The van der Waals surface area contributed by atoms with Crippen molar-refractivity contribution in [3.8, 4) is 6.07 Å². The molecule has 1 fully saturated rings. The maximum absolute atomic E-state index is 11.9. The van der Waals surface area contributed by atoms with Crippen LogP contribution in [-0.2, 0) is 9.59 Å². The van der Waals surface area contributed by atoms with Crippen LogP contribution >= 0.6 is 0 Å². The molecule has 6 nitrogen and oxygen atoms in total. The van der Waals surface area contributed by atoms with E-state index in [0.717, 1.165) is 19.3 Å². The Hall–Kier alpha value is -1.61. The lowest BCUT2D eigenvalue weighted by atomic mass is 9.74. The molecular weight excluding hydrogens is 222 g/mol. The summed E-state index contributed by atoms with van der Waals surface area (Å²) in [4.78, 5) is 22.5. The molecule has 1 aliphatic carbocycles. The number of carbonyl (C=O) groups is 2. The van der Waals surface area contributed by atoms with E-state index in [1.165, 1.54) is 0 Å². The first-order chi connectivity index (χ1) is 8.02. The number of hydrogen-bond acceptors (Lipinski definition) is 4. The van der Waals surface area contributed by atoms with Crippen LogP contribution in [0.2, 0.25) is 0 Å². The van der Waals surface area contributed by atoms with Gasteiger partial charge in [0, 0.05) is 0 Å². The van der Waals surface area contributed by atoms with Crippen LogP contribution in [-0.4, -0.2) is 29.6 Å². The number of amides is 2. The first kappa shape index (κ1) is 13.5. The average molecular weight is 239 g/mol. The number of nitrogens with two attached hydrogens (primary N) is 1. The smallest absolute Gasteiger partial charge is 0.248 e. The summed E-state index contributed by atoms with van der Waals surface area (Å²) in [6.07, 6.45) is 2.38. The molecule has 0 aromatic rings. The third-order valence-corrected chi connectivity index (χ3v) is 3.14. The van der Waals surface area contributed by atoms with Crippen molar-refractivity contribution < 1.29 is 14.7 Å². The molecule has 2 amide bonds. The third kappa shape index (κ3) is 3.17. The Balaban J connectivity index is 2.56. The fourth-order valence-electron chi connectivity index (χ4n) is 2.00. The zero-order chi connectivity index (χ0) is 12.9. The Kier molecular flexibility index (Phi) is 4.46. The van der Waals surface area contributed by atoms with E-state index in [-0.39, 0.29) is 6.54 Å². The Labute approximate surface area is 99.8 Å². The fraction of sp³-hybridized carbons (Fsp3) is 0.727. The number of nitriles is 1. The van der Waals surface area contributed by atoms with Gasteiger partial charge in [-0.15, -0.1) is 0 Å². The van der Waals surface area contributed by atoms with Crippen LogP contribution < -0.4 is 11.1 Å². The molecule has 17 heavy (non-hydrogen) atoms. The number of carbonyl (C=O) groups excluding carboxylic acids is 2. The highest BCUT2D eigenvalue weighted by Crippen LogP contribution is 2.35. The summed E-state index contributed by atoms with van der Waals surface area (Å²) in [7, 11) is 0. The van der Waals surface area contributed by atoms with E-state index in [1.807, 2.05) is 0 Å². The summed E-state index contributed by atoms with van der Waals surface area (Å²) in [6, 6.07) is 2.06. The minimum atomic E-state index is -1.40. The molecule has 0 radical (unpaired) electrons. The molecule has 4 N–H and O–H groups in total. The van der Waals surface area contributed by atoms with Crippen molar-refractivity contribution in [2.24, 2.45) is 11.1 Å². The number of aliphatic hydroxyl groups excluding tert-OH is 1. The van der Waals surface area contributed by atoms with Crippen molar-refractivity contribution >= 4 is 11.8 Å². The highest BCUT2D eigenvalue weighted by atomic mass is 16.3. The normalized spacial score (nSPS) is 20.0. The van der Waals surface area contributed by atoms with Crippen LogP contribution in [0.1, 0.15) is 32.1 Å². The second kappa shape index (κ2) is 5.64. The molecule has 1 unspecified atom stereocenters. The van der Waals surface area contributed by atoms with Crippen molar-refractivity contribution in [1.29, 1.82) is 5.26 Å². The summed E-state index contributed by atoms with van der Waals surface area (Å²) in [6.45, 7) is -0.238. The Morgan fingerprint density at radius 1 is 1.41 bits per heavy atom. The number of nitrogens with zero attached hydrogens (tertiary/aromatic N) is 1. The highest BCUT2D eigenvalue weighted by molar-refractivity contribution is 5.86. The first-order valence-corrected chi connectivity index (χ1v) is 5.69. The molecule has 0 bridgehead atoms. The number of rotatable bonds is 4. The van der Waals surface area contributed by atoms with Crippen LogP contribution in [0, 0.1) is 16.7 Å². The Bertz CT molecular complexity index is 342. The summed E-state index contributed by atoms with van der Waals surface area (Å²) in [5, 5.41) is 20.7. The molecule has 0 aliphatic heterocycles. The van der Waals surface area contributed by atoms with Gasteiger partial charge >= 0.3 is 0 Å². The van der Waals surface area contributed by atoms with Crippen molar-refractivity contribution in [2.45, 2.75) is 38.2 Å². The number of hydrogen-bond donors (Lipinski definition) is 3. The van der Waals surface area contributed by atoms with Crippen molar-refractivity contribution in [3.63, 3.8) is 0 Å². The summed E-state index contributed by atoms with van der Waals surface area (Å²) >= 11 is 0. The molecule has 0 spiro atoms. The van der Waals surface area contributed by atoms with Crippen molar-refractivity contribution in [3.05, 3.63) is 0 Å². The van der Waals surface area contributed by atoms with E-state index in [2.05, 4.69) is 11.4 Å². The zero-order valence-corrected chi connectivity index (χ0v) is 9.61. The van der Waals surface area contributed by atoms with Crippen LogP contribution in [0.15, 0.2) is 0 Å². The second-order valence-corrected chi connectivity index (χ2v) is 4.38. The van der Waals surface area contributed by atoms with Gasteiger partial charge in [0.1, 0.15) is 11.5 Å². The van der Waals surface area contributed by atoms with E-state index < -0.39 is 23.3 Å². The van der Waals surface area contributed by atoms with Gasteiger partial charge in [-0.1, -0.05) is 19.3 Å². The molecule has 1 rings (SSSR count). The average Bonchev–Trinajstić information content (AvgIpc) is 2.36. The van der Waals surface area contributed by atoms with Crippen LogP contribution in [0.3, 0.4) is 0 Å². The number of aliphatic hydroxyl groups is 1. The van der Waals surface area contributed by atoms with Crippen LogP contribution in [0.25, 0.3) is 0 Å². The lowest BCUT2D eigenvalue weighted by molar-refractivity contribution is -0.131. The standard InChI is InChI=1S/C11H17N3O3/c12-7-11(4-2-1-3-5-11)10(17)14-6-8(15)9(13)16/h8,15H,1-6H2,(H2,13,16)(H,14,17).